The maximum atomic E-state index is 13.3. The van der Waals surface area contributed by atoms with Crippen LogP contribution in [0.1, 0.15) is 25.2 Å². The van der Waals surface area contributed by atoms with Crippen LogP contribution in [0.4, 0.5) is 18.9 Å². The molecule has 0 radical (unpaired) electrons. The van der Waals surface area contributed by atoms with Gasteiger partial charge in [-0.3, -0.25) is 0 Å². The zero-order valence-electron chi connectivity index (χ0n) is 17.2. The normalized spacial score (nSPS) is 11.7. The molecule has 9 nitrogen and oxygen atoms in total. The molecule has 0 saturated carbocycles. The molecule has 12 heteroatoms. The third kappa shape index (κ3) is 5.02. The summed E-state index contributed by atoms with van der Waals surface area (Å²) in [6.07, 6.45) is -0.359. The van der Waals surface area contributed by atoms with E-state index in [1.54, 1.807) is 10.9 Å². The summed E-state index contributed by atoms with van der Waals surface area (Å²) < 4.78 is 48.2. The number of hydrogen-bond donors (Lipinski definition) is 1. The van der Waals surface area contributed by atoms with Gasteiger partial charge in [-0.25, -0.2) is 19.3 Å². The molecule has 0 atom stereocenters. The van der Waals surface area contributed by atoms with E-state index in [0.717, 1.165) is 22.2 Å². The first-order valence-corrected chi connectivity index (χ1v) is 9.64. The van der Waals surface area contributed by atoms with E-state index in [9.17, 15) is 13.2 Å². The topological polar surface area (TPSA) is 95.6 Å². The first-order chi connectivity index (χ1) is 15.3. The minimum Gasteiger partial charge on any atom is -0.491 e. The van der Waals surface area contributed by atoms with Gasteiger partial charge in [0, 0.05) is 11.8 Å². The summed E-state index contributed by atoms with van der Waals surface area (Å²) in [6.45, 7) is 4.05. The van der Waals surface area contributed by atoms with E-state index in [4.69, 9.17) is 4.74 Å². The number of alkyl halides is 3. The lowest BCUT2D eigenvalue weighted by atomic mass is 10.3. The summed E-state index contributed by atoms with van der Waals surface area (Å²) in [4.78, 5) is 7.37. The number of halogens is 3. The quantitative estimate of drug-likeness (QED) is 0.465. The Balaban J connectivity index is 1.49. The fourth-order valence-electron chi connectivity index (χ4n) is 2.85. The molecule has 0 spiro atoms. The van der Waals surface area contributed by atoms with Gasteiger partial charge in [-0.1, -0.05) is 5.21 Å². The molecule has 3 aromatic heterocycles. The Morgan fingerprint density at radius 1 is 1.09 bits per heavy atom. The van der Waals surface area contributed by atoms with Crippen molar-refractivity contribution in [3.05, 3.63) is 66.6 Å². The average Bonchev–Trinajstić information content (AvgIpc) is 3.44. The second-order valence-corrected chi connectivity index (χ2v) is 7.11. The standard InChI is InChI=1S/C20H19F3N8O/c1-13(2)32-17-5-3-16(4-6-17)30-10-15(28-29-30)9-25-14-7-18(20(21,22)23)27-19(8-14)31-12-24-11-26-31/h3-8,10-13H,9H2,1-2H3,(H,25,27). The number of nitrogens with one attached hydrogen (secondary N) is 1. The van der Waals surface area contributed by atoms with E-state index in [1.807, 2.05) is 38.1 Å². The van der Waals surface area contributed by atoms with E-state index in [0.29, 0.717) is 5.69 Å². The Morgan fingerprint density at radius 2 is 1.88 bits per heavy atom. The van der Waals surface area contributed by atoms with Crippen molar-refractivity contribution in [1.82, 2.24) is 34.7 Å². The van der Waals surface area contributed by atoms with Gasteiger partial charge in [-0.2, -0.15) is 18.3 Å². The molecule has 3 heterocycles. The molecule has 0 aliphatic rings. The number of nitrogens with zero attached hydrogens (tertiary/aromatic N) is 7. The van der Waals surface area contributed by atoms with Crippen LogP contribution in [0.2, 0.25) is 0 Å². The van der Waals surface area contributed by atoms with Crippen molar-refractivity contribution in [2.75, 3.05) is 5.32 Å². The predicted molar refractivity (Wildman–Crippen MR) is 109 cm³/mol. The molecule has 0 aliphatic carbocycles. The van der Waals surface area contributed by atoms with Crippen molar-refractivity contribution >= 4 is 5.69 Å². The van der Waals surface area contributed by atoms with Crippen LogP contribution in [0.25, 0.3) is 11.5 Å². The number of anilines is 1. The van der Waals surface area contributed by atoms with Gasteiger partial charge in [0.05, 0.1) is 24.5 Å². The number of benzene rings is 1. The van der Waals surface area contributed by atoms with Crippen molar-refractivity contribution in [1.29, 1.82) is 0 Å². The van der Waals surface area contributed by atoms with Gasteiger partial charge in [0.25, 0.3) is 0 Å². The molecule has 166 valence electrons. The van der Waals surface area contributed by atoms with E-state index >= 15 is 0 Å². The lowest BCUT2D eigenvalue weighted by Gasteiger charge is -2.12. The molecule has 0 fully saturated rings. The fraction of sp³-hybridized carbons (Fsp3) is 0.250. The molecular formula is C20H19F3N8O. The van der Waals surface area contributed by atoms with Gasteiger partial charge in [-0.05, 0) is 44.2 Å². The molecule has 4 aromatic rings. The summed E-state index contributed by atoms with van der Waals surface area (Å²) in [6, 6.07) is 9.71. The third-order valence-corrected chi connectivity index (χ3v) is 4.24. The van der Waals surface area contributed by atoms with E-state index in [1.165, 1.54) is 18.7 Å². The molecule has 0 saturated heterocycles. The lowest BCUT2D eigenvalue weighted by Crippen LogP contribution is -2.12. The number of rotatable bonds is 7. The van der Waals surface area contributed by atoms with Gasteiger partial charge in [0.1, 0.15) is 29.8 Å². The minimum absolute atomic E-state index is 0.00724. The largest absolute Gasteiger partial charge is 0.491 e. The summed E-state index contributed by atoms with van der Waals surface area (Å²) >= 11 is 0. The molecule has 32 heavy (non-hydrogen) atoms. The fourth-order valence-corrected chi connectivity index (χ4v) is 2.85. The summed E-state index contributed by atoms with van der Waals surface area (Å²) in [5.74, 6) is 0.735. The minimum atomic E-state index is -4.61. The van der Waals surface area contributed by atoms with Crippen LogP contribution in [0.5, 0.6) is 5.75 Å². The maximum Gasteiger partial charge on any atom is 0.433 e. The van der Waals surface area contributed by atoms with E-state index in [2.05, 4.69) is 30.7 Å². The second kappa shape index (κ2) is 8.65. The van der Waals surface area contributed by atoms with Crippen LogP contribution >= 0.6 is 0 Å². The SMILES string of the molecule is CC(C)Oc1ccc(-n2cc(CNc3cc(-n4cncn4)nc(C(F)(F)F)c3)nn2)cc1. The van der Waals surface area contributed by atoms with Gasteiger partial charge in [-0.15, -0.1) is 5.10 Å². The smallest absolute Gasteiger partial charge is 0.433 e. The second-order valence-electron chi connectivity index (χ2n) is 7.11. The zero-order valence-corrected chi connectivity index (χ0v) is 17.2. The summed E-state index contributed by atoms with van der Waals surface area (Å²) in [7, 11) is 0. The number of aromatic nitrogens is 7. The predicted octanol–water partition coefficient (Wildman–Crippen LogP) is 3.66. The van der Waals surface area contributed by atoms with Crippen molar-refractivity contribution in [2.45, 2.75) is 32.7 Å². The zero-order chi connectivity index (χ0) is 22.7. The lowest BCUT2D eigenvalue weighted by molar-refractivity contribution is -0.141. The van der Waals surface area contributed by atoms with E-state index < -0.39 is 11.9 Å². The first kappa shape index (κ1) is 21.3. The molecule has 0 aliphatic heterocycles. The highest BCUT2D eigenvalue weighted by atomic mass is 19.4. The van der Waals surface area contributed by atoms with E-state index in [-0.39, 0.29) is 24.2 Å². The van der Waals surface area contributed by atoms with Crippen LogP contribution in [-0.2, 0) is 12.7 Å². The Bertz CT molecular complexity index is 1170. The first-order valence-electron chi connectivity index (χ1n) is 9.64. The maximum absolute atomic E-state index is 13.3. The van der Waals surface area contributed by atoms with Crippen molar-refractivity contribution in [3.63, 3.8) is 0 Å². The number of hydrogen-bond acceptors (Lipinski definition) is 7. The summed E-state index contributed by atoms with van der Waals surface area (Å²) in [5, 5.41) is 14.9. The van der Waals surface area contributed by atoms with Crippen molar-refractivity contribution in [2.24, 2.45) is 0 Å². The van der Waals surface area contributed by atoms with Gasteiger partial charge in [0.2, 0.25) is 0 Å². The van der Waals surface area contributed by atoms with Gasteiger partial charge < -0.3 is 10.1 Å². The van der Waals surface area contributed by atoms with Gasteiger partial charge >= 0.3 is 6.18 Å². The highest BCUT2D eigenvalue weighted by Crippen LogP contribution is 2.30. The monoisotopic (exact) mass is 444 g/mol. The molecule has 4 rings (SSSR count). The Hall–Kier alpha value is -3.96. The van der Waals surface area contributed by atoms with Crippen LogP contribution in [-0.4, -0.2) is 40.8 Å². The third-order valence-electron chi connectivity index (χ3n) is 4.24. The van der Waals surface area contributed by atoms with Crippen molar-refractivity contribution < 1.29 is 17.9 Å². The number of pyridine rings is 1. The highest BCUT2D eigenvalue weighted by molar-refractivity contribution is 5.50. The molecule has 0 unspecified atom stereocenters. The van der Waals surface area contributed by atoms with Crippen LogP contribution in [0.15, 0.2) is 55.2 Å². The molecule has 0 bridgehead atoms. The molecule has 1 aromatic carbocycles. The Morgan fingerprint density at radius 3 is 2.53 bits per heavy atom. The Labute approximate surface area is 180 Å². The van der Waals surface area contributed by atoms with Crippen LogP contribution < -0.4 is 10.1 Å². The molecular weight excluding hydrogens is 425 g/mol. The molecule has 0 amide bonds. The Kier molecular flexibility index (Phi) is 5.75. The number of ether oxygens (including phenoxy) is 1. The summed E-state index contributed by atoms with van der Waals surface area (Å²) in [5.41, 5.74) is 0.486. The van der Waals surface area contributed by atoms with Gasteiger partial charge in [0.15, 0.2) is 5.82 Å². The average molecular weight is 444 g/mol. The van der Waals surface area contributed by atoms with Crippen molar-refractivity contribution in [3.8, 4) is 17.3 Å². The van der Waals surface area contributed by atoms with Crippen LogP contribution in [0, 0.1) is 0 Å². The van der Waals surface area contributed by atoms with Crippen LogP contribution in [0.3, 0.4) is 0 Å². The molecule has 1 N–H and O–H groups in total. The highest BCUT2D eigenvalue weighted by Gasteiger charge is 2.33.